The first-order valence-corrected chi connectivity index (χ1v) is 7.07. The molecular formula is C17H16ClNO. The zero-order valence-electron chi connectivity index (χ0n) is 11.4. The molecule has 0 heterocycles. The molecule has 0 aliphatic rings. The van der Waals surface area contributed by atoms with Crippen LogP contribution in [0.3, 0.4) is 0 Å². The van der Waals surface area contributed by atoms with Gasteiger partial charge in [-0.1, -0.05) is 37.1 Å². The highest BCUT2D eigenvalue weighted by atomic mass is 35.5. The van der Waals surface area contributed by atoms with Crippen molar-refractivity contribution >= 4 is 11.6 Å². The third kappa shape index (κ3) is 3.76. The van der Waals surface area contributed by atoms with E-state index in [9.17, 15) is 0 Å². The van der Waals surface area contributed by atoms with Gasteiger partial charge in [-0.2, -0.15) is 5.26 Å². The number of aryl methyl sites for hydroxylation is 1. The van der Waals surface area contributed by atoms with Crippen LogP contribution in [-0.2, 0) is 6.42 Å². The van der Waals surface area contributed by atoms with Crippen LogP contribution in [0.5, 0.6) is 11.5 Å². The number of benzene rings is 2. The van der Waals surface area contributed by atoms with Crippen LogP contribution in [0.4, 0.5) is 0 Å². The summed E-state index contributed by atoms with van der Waals surface area (Å²) in [5.41, 5.74) is 1.77. The maximum atomic E-state index is 9.06. The van der Waals surface area contributed by atoms with Crippen LogP contribution in [0.15, 0.2) is 42.5 Å². The van der Waals surface area contributed by atoms with Crippen molar-refractivity contribution < 1.29 is 4.74 Å². The Kier molecular flexibility index (Phi) is 5.03. The summed E-state index contributed by atoms with van der Waals surface area (Å²) in [6, 6.07) is 15.1. The number of unbranched alkanes of at least 4 members (excludes halogenated alkanes) is 1. The predicted molar refractivity (Wildman–Crippen MR) is 81.3 cm³/mol. The SMILES string of the molecule is CCCCc1ccc(Oc2cc(Cl)ccc2C#N)cc1. The lowest BCUT2D eigenvalue weighted by atomic mass is 10.1. The van der Waals surface area contributed by atoms with E-state index in [-0.39, 0.29) is 0 Å². The van der Waals surface area contributed by atoms with Crippen molar-refractivity contribution in [3.63, 3.8) is 0 Å². The zero-order valence-corrected chi connectivity index (χ0v) is 12.2. The fraction of sp³-hybridized carbons (Fsp3) is 0.235. The van der Waals surface area contributed by atoms with E-state index in [2.05, 4.69) is 25.1 Å². The highest BCUT2D eigenvalue weighted by Gasteiger charge is 2.05. The molecule has 2 aromatic carbocycles. The van der Waals surface area contributed by atoms with Crippen LogP contribution in [0.2, 0.25) is 5.02 Å². The fourth-order valence-electron chi connectivity index (χ4n) is 1.91. The zero-order chi connectivity index (χ0) is 14.4. The van der Waals surface area contributed by atoms with Gasteiger partial charge < -0.3 is 4.74 Å². The van der Waals surface area contributed by atoms with E-state index in [1.165, 1.54) is 18.4 Å². The van der Waals surface area contributed by atoms with E-state index < -0.39 is 0 Å². The molecule has 0 atom stereocenters. The molecule has 0 saturated carbocycles. The van der Waals surface area contributed by atoms with Crippen LogP contribution in [0, 0.1) is 11.3 Å². The number of ether oxygens (including phenoxy) is 1. The van der Waals surface area contributed by atoms with Gasteiger partial charge in [-0.05, 0) is 42.7 Å². The van der Waals surface area contributed by atoms with Crippen molar-refractivity contribution in [3.05, 3.63) is 58.6 Å². The Morgan fingerprint density at radius 3 is 2.55 bits per heavy atom. The molecule has 0 saturated heterocycles. The predicted octanol–water partition coefficient (Wildman–Crippen LogP) is 5.35. The summed E-state index contributed by atoms with van der Waals surface area (Å²) in [7, 11) is 0. The second kappa shape index (κ2) is 6.98. The van der Waals surface area contributed by atoms with Gasteiger partial charge in [-0.25, -0.2) is 0 Å². The first kappa shape index (κ1) is 14.4. The first-order chi connectivity index (χ1) is 9.72. The average Bonchev–Trinajstić information content (AvgIpc) is 2.47. The van der Waals surface area contributed by atoms with E-state index in [1.807, 2.05) is 12.1 Å². The molecule has 0 aromatic heterocycles. The molecule has 0 fully saturated rings. The van der Waals surface area contributed by atoms with Gasteiger partial charge in [-0.3, -0.25) is 0 Å². The Morgan fingerprint density at radius 1 is 1.15 bits per heavy atom. The second-order valence-electron chi connectivity index (χ2n) is 4.60. The molecule has 0 amide bonds. The van der Waals surface area contributed by atoms with Crippen molar-refractivity contribution in [3.8, 4) is 17.6 Å². The largest absolute Gasteiger partial charge is 0.456 e. The fourth-order valence-corrected chi connectivity index (χ4v) is 2.07. The Morgan fingerprint density at radius 2 is 1.90 bits per heavy atom. The van der Waals surface area contributed by atoms with Crippen LogP contribution in [0.1, 0.15) is 30.9 Å². The van der Waals surface area contributed by atoms with Crippen molar-refractivity contribution in [2.45, 2.75) is 26.2 Å². The van der Waals surface area contributed by atoms with E-state index >= 15 is 0 Å². The molecule has 0 unspecified atom stereocenters. The number of nitrogens with zero attached hydrogens (tertiary/aromatic N) is 1. The molecule has 2 nitrogen and oxygen atoms in total. The summed E-state index contributed by atoms with van der Waals surface area (Å²) >= 11 is 5.93. The van der Waals surface area contributed by atoms with Crippen LogP contribution in [0.25, 0.3) is 0 Å². The number of halogens is 1. The second-order valence-corrected chi connectivity index (χ2v) is 5.04. The normalized spacial score (nSPS) is 10.1. The molecule has 20 heavy (non-hydrogen) atoms. The lowest BCUT2D eigenvalue weighted by molar-refractivity contribution is 0.481. The van der Waals surface area contributed by atoms with Crippen LogP contribution >= 0.6 is 11.6 Å². The lowest BCUT2D eigenvalue weighted by Crippen LogP contribution is -1.89. The summed E-state index contributed by atoms with van der Waals surface area (Å²) in [6.45, 7) is 2.18. The summed E-state index contributed by atoms with van der Waals surface area (Å²) in [5.74, 6) is 1.20. The maximum Gasteiger partial charge on any atom is 0.146 e. The van der Waals surface area contributed by atoms with Crippen LogP contribution in [-0.4, -0.2) is 0 Å². The van der Waals surface area contributed by atoms with Crippen molar-refractivity contribution in [2.75, 3.05) is 0 Å². The van der Waals surface area contributed by atoms with Crippen molar-refractivity contribution in [1.82, 2.24) is 0 Å². The molecule has 0 bridgehead atoms. The third-order valence-electron chi connectivity index (χ3n) is 3.03. The molecular weight excluding hydrogens is 270 g/mol. The molecule has 0 aliphatic carbocycles. The van der Waals surface area contributed by atoms with Gasteiger partial charge in [0.25, 0.3) is 0 Å². The molecule has 0 aliphatic heterocycles. The summed E-state index contributed by atoms with van der Waals surface area (Å²) in [5, 5.41) is 9.61. The Bertz CT molecular complexity index is 614. The highest BCUT2D eigenvalue weighted by Crippen LogP contribution is 2.28. The van der Waals surface area contributed by atoms with Gasteiger partial charge >= 0.3 is 0 Å². The molecule has 3 heteroatoms. The molecule has 102 valence electrons. The van der Waals surface area contributed by atoms with Gasteiger partial charge in [0.05, 0.1) is 5.56 Å². The Hall–Kier alpha value is -1.98. The maximum absolute atomic E-state index is 9.06. The van der Waals surface area contributed by atoms with Gasteiger partial charge in [0.15, 0.2) is 0 Å². The Labute approximate surface area is 124 Å². The van der Waals surface area contributed by atoms with Gasteiger partial charge in [0.2, 0.25) is 0 Å². The van der Waals surface area contributed by atoms with E-state index in [0.29, 0.717) is 22.1 Å². The smallest absolute Gasteiger partial charge is 0.146 e. The number of nitriles is 1. The number of hydrogen-bond acceptors (Lipinski definition) is 2. The molecule has 0 N–H and O–H groups in total. The van der Waals surface area contributed by atoms with E-state index in [0.717, 1.165) is 6.42 Å². The minimum atomic E-state index is 0.476. The number of rotatable bonds is 5. The monoisotopic (exact) mass is 285 g/mol. The van der Waals surface area contributed by atoms with E-state index in [4.69, 9.17) is 21.6 Å². The lowest BCUT2D eigenvalue weighted by Gasteiger charge is -2.08. The molecule has 0 radical (unpaired) electrons. The summed E-state index contributed by atoms with van der Waals surface area (Å²) in [4.78, 5) is 0. The number of hydrogen-bond donors (Lipinski definition) is 0. The van der Waals surface area contributed by atoms with Gasteiger partial charge in [0.1, 0.15) is 17.6 Å². The van der Waals surface area contributed by atoms with Crippen molar-refractivity contribution in [2.24, 2.45) is 0 Å². The average molecular weight is 286 g/mol. The Balaban J connectivity index is 2.14. The van der Waals surface area contributed by atoms with Gasteiger partial charge in [0, 0.05) is 11.1 Å². The molecule has 0 spiro atoms. The van der Waals surface area contributed by atoms with Gasteiger partial charge in [-0.15, -0.1) is 0 Å². The summed E-state index contributed by atoms with van der Waals surface area (Å²) in [6.07, 6.45) is 3.46. The minimum absolute atomic E-state index is 0.476. The standard InChI is InChI=1S/C17H16ClNO/c1-2-3-4-13-5-9-16(10-6-13)20-17-11-15(18)8-7-14(17)12-19/h5-11H,2-4H2,1H3. The third-order valence-corrected chi connectivity index (χ3v) is 3.27. The highest BCUT2D eigenvalue weighted by molar-refractivity contribution is 6.30. The first-order valence-electron chi connectivity index (χ1n) is 6.69. The topological polar surface area (TPSA) is 33.0 Å². The minimum Gasteiger partial charge on any atom is -0.456 e. The van der Waals surface area contributed by atoms with Crippen molar-refractivity contribution in [1.29, 1.82) is 5.26 Å². The van der Waals surface area contributed by atoms with E-state index in [1.54, 1.807) is 18.2 Å². The van der Waals surface area contributed by atoms with Crippen LogP contribution < -0.4 is 4.74 Å². The quantitative estimate of drug-likeness (QED) is 0.742. The molecule has 2 rings (SSSR count). The summed E-state index contributed by atoms with van der Waals surface area (Å²) < 4.78 is 5.73. The molecule has 2 aromatic rings.